The molecule has 0 unspecified atom stereocenters. The van der Waals surface area contributed by atoms with Gasteiger partial charge in [-0.05, 0) is 50.9 Å². The number of hydrogen-bond donors (Lipinski definition) is 1. The Labute approximate surface area is 216 Å². The second-order valence-electron chi connectivity index (χ2n) is 10.5. The van der Waals surface area contributed by atoms with Crippen LogP contribution in [0.5, 0.6) is 0 Å². The molecule has 5 aliphatic rings. The summed E-state index contributed by atoms with van der Waals surface area (Å²) < 4.78 is 73.9. The van der Waals surface area contributed by atoms with Gasteiger partial charge in [-0.1, -0.05) is 0 Å². The average Bonchev–Trinajstić information content (AvgIpc) is 3.04. The summed E-state index contributed by atoms with van der Waals surface area (Å²) in [5, 5.41) is 3.07. The van der Waals surface area contributed by atoms with E-state index in [-0.39, 0.29) is 50.5 Å². The smallest absolute Gasteiger partial charge is 0.374 e. The van der Waals surface area contributed by atoms with Crippen LogP contribution in [0.15, 0.2) is 24.4 Å². The molecule has 4 saturated heterocycles. The quantitative estimate of drug-likeness (QED) is 0.578. The number of nitrogens with zero attached hydrogens (tertiary/aromatic N) is 4. The maximum absolute atomic E-state index is 15.5. The largest absolute Gasteiger partial charge is 0.401 e. The van der Waals surface area contributed by atoms with E-state index in [9.17, 15) is 22.4 Å². The van der Waals surface area contributed by atoms with Crippen LogP contribution in [0, 0.1) is 17.6 Å². The van der Waals surface area contributed by atoms with E-state index in [0.717, 1.165) is 19.0 Å². The predicted octanol–water partition coefficient (Wildman–Crippen LogP) is 4.59. The molecule has 0 saturated carbocycles. The number of pyridine rings is 1. The second kappa shape index (κ2) is 9.64. The number of carbonyl (C=O) groups excluding carboxylic acids is 1. The number of alkyl halides is 3. The van der Waals surface area contributed by atoms with Crippen LogP contribution in [-0.4, -0.2) is 66.9 Å². The molecule has 2 aromatic rings. The van der Waals surface area contributed by atoms with Gasteiger partial charge in [0.15, 0.2) is 0 Å². The van der Waals surface area contributed by atoms with Gasteiger partial charge >= 0.3 is 6.18 Å². The lowest BCUT2D eigenvalue weighted by molar-refractivity contribution is -0.149. The summed E-state index contributed by atoms with van der Waals surface area (Å²) in [6.07, 6.45) is -0.895. The van der Waals surface area contributed by atoms with Crippen molar-refractivity contribution in [2.75, 3.05) is 47.9 Å². The summed E-state index contributed by atoms with van der Waals surface area (Å²) in [6, 6.07) is 4.30. The van der Waals surface area contributed by atoms with Crippen LogP contribution in [0.2, 0.25) is 0 Å². The van der Waals surface area contributed by atoms with Gasteiger partial charge in [-0.15, -0.1) is 0 Å². The van der Waals surface area contributed by atoms with Crippen molar-refractivity contribution in [1.82, 2.24) is 9.88 Å². The second-order valence-corrected chi connectivity index (χ2v) is 10.5. The predicted molar refractivity (Wildman–Crippen MR) is 130 cm³/mol. The minimum absolute atomic E-state index is 0.00191. The van der Waals surface area contributed by atoms with E-state index < -0.39 is 30.3 Å². The number of carbonyl (C=O) groups is 1. The number of benzene rings is 1. The van der Waals surface area contributed by atoms with Crippen molar-refractivity contribution in [3.05, 3.63) is 41.6 Å². The Morgan fingerprint density at radius 2 is 1.87 bits per heavy atom. The summed E-state index contributed by atoms with van der Waals surface area (Å²) in [6.45, 7) is 0.342. The molecular weight excluding hydrogens is 509 g/mol. The number of ether oxygens (including phenoxy) is 1. The lowest BCUT2D eigenvalue weighted by atomic mass is 9.94. The molecule has 1 aromatic heterocycles. The van der Waals surface area contributed by atoms with Gasteiger partial charge in [-0.2, -0.15) is 13.2 Å². The molecule has 2 atom stereocenters. The van der Waals surface area contributed by atoms with Crippen molar-refractivity contribution < 1.29 is 31.5 Å². The normalized spacial score (nSPS) is 24.0. The maximum Gasteiger partial charge on any atom is 0.401 e. The number of likely N-dealkylation sites (tertiary alicyclic amines) is 1. The van der Waals surface area contributed by atoms with Gasteiger partial charge in [0.05, 0.1) is 55.1 Å². The number of aromatic nitrogens is 1. The number of anilines is 4. The van der Waals surface area contributed by atoms with Gasteiger partial charge in [0, 0.05) is 24.1 Å². The summed E-state index contributed by atoms with van der Waals surface area (Å²) in [5.74, 6) is -1.50. The fraction of sp³-hybridized carbons (Fsp3) is 0.538. The third-order valence-corrected chi connectivity index (χ3v) is 7.97. The number of hydrogen-bond acceptors (Lipinski definition) is 6. The molecule has 5 aliphatic heterocycles. The highest BCUT2D eigenvalue weighted by atomic mass is 19.4. The van der Waals surface area contributed by atoms with Crippen molar-refractivity contribution in [2.45, 2.75) is 50.6 Å². The van der Waals surface area contributed by atoms with E-state index in [1.807, 2.05) is 4.90 Å². The monoisotopic (exact) mass is 537 g/mol. The molecule has 1 N–H and O–H groups in total. The number of halogens is 5. The molecule has 1 amide bonds. The first-order valence-electron chi connectivity index (χ1n) is 12.9. The molecule has 0 spiro atoms. The zero-order valence-corrected chi connectivity index (χ0v) is 20.6. The van der Waals surface area contributed by atoms with Crippen molar-refractivity contribution >= 4 is 28.8 Å². The minimum atomic E-state index is -4.30. The summed E-state index contributed by atoms with van der Waals surface area (Å²) in [4.78, 5) is 22.8. The molecule has 38 heavy (non-hydrogen) atoms. The van der Waals surface area contributed by atoms with Crippen molar-refractivity contribution in [3.63, 3.8) is 0 Å². The summed E-state index contributed by atoms with van der Waals surface area (Å²) in [7, 11) is 0. The van der Waals surface area contributed by atoms with Crippen molar-refractivity contribution in [3.8, 4) is 0 Å². The first-order valence-corrected chi connectivity index (χ1v) is 12.9. The summed E-state index contributed by atoms with van der Waals surface area (Å²) >= 11 is 0. The Kier molecular flexibility index (Phi) is 6.42. The lowest BCUT2D eigenvalue weighted by Crippen LogP contribution is -2.54. The van der Waals surface area contributed by atoms with Gasteiger partial charge in [-0.3, -0.25) is 9.69 Å². The van der Waals surface area contributed by atoms with Gasteiger partial charge in [-0.25, -0.2) is 13.8 Å². The van der Waals surface area contributed by atoms with E-state index in [0.29, 0.717) is 41.6 Å². The summed E-state index contributed by atoms with van der Waals surface area (Å²) in [5.41, 5.74) is 1.55. The lowest BCUT2D eigenvalue weighted by Gasteiger charge is -2.46. The van der Waals surface area contributed by atoms with Crippen LogP contribution in [0.1, 0.15) is 31.2 Å². The van der Waals surface area contributed by atoms with Gasteiger partial charge in [0.2, 0.25) is 5.91 Å². The van der Waals surface area contributed by atoms with Crippen molar-refractivity contribution in [2.24, 2.45) is 5.92 Å². The molecule has 7 rings (SSSR count). The number of amides is 1. The van der Waals surface area contributed by atoms with Crippen LogP contribution < -0.4 is 15.1 Å². The molecular formula is C26H28F5N5O2. The fourth-order valence-corrected chi connectivity index (χ4v) is 6.05. The van der Waals surface area contributed by atoms with Crippen molar-refractivity contribution in [1.29, 1.82) is 0 Å². The van der Waals surface area contributed by atoms with Gasteiger partial charge in [0.25, 0.3) is 0 Å². The molecule has 4 fully saturated rings. The molecule has 0 aliphatic carbocycles. The number of morpholine rings is 1. The minimum Gasteiger partial charge on any atom is -0.374 e. The zero-order chi connectivity index (χ0) is 26.6. The number of nitrogens with one attached hydrogen (secondary N) is 1. The SMILES string of the molecule is O=C(C1CCN(CC(F)(F)F)CC1)N1Cc2cc(F)cnc2Nc2cc(F)c(N3C[C@H]4CC[C@@H]3CO4)cc21. The zero-order valence-electron chi connectivity index (χ0n) is 20.6. The first-order chi connectivity index (χ1) is 18.1. The fourth-order valence-electron chi connectivity index (χ4n) is 6.05. The number of piperidine rings is 2. The topological polar surface area (TPSA) is 60.9 Å². The molecule has 0 radical (unpaired) electrons. The third-order valence-electron chi connectivity index (χ3n) is 7.97. The Morgan fingerprint density at radius 1 is 1.08 bits per heavy atom. The molecule has 12 heteroatoms. The Hall–Kier alpha value is -2.99. The van der Waals surface area contributed by atoms with Crippen LogP contribution in [0.4, 0.5) is 44.8 Å². The Morgan fingerprint density at radius 3 is 2.53 bits per heavy atom. The molecule has 204 valence electrons. The highest BCUT2D eigenvalue weighted by Crippen LogP contribution is 2.42. The van der Waals surface area contributed by atoms with E-state index in [1.165, 1.54) is 21.9 Å². The number of rotatable bonds is 3. The molecule has 7 nitrogen and oxygen atoms in total. The van der Waals surface area contributed by atoms with Crippen LogP contribution in [-0.2, 0) is 16.1 Å². The Bertz CT molecular complexity index is 1230. The van der Waals surface area contributed by atoms with Crippen LogP contribution in [0.25, 0.3) is 0 Å². The Balaban J connectivity index is 1.33. The number of fused-ring (bicyclic) bond motifs is 5. The maximum atomic E-state index is 15.5. The standard InChI is InChI=1S/C26H28F5N5O2/c27-17-7-16-11-36(25(37)15-3-5-34(6-4-15)14-26(29,30)31)23-9-22(35-12-19-2-1-18(35)13-38-19)20(28)8-21(23)33-24(16)32-10-17/h7-10,15,18-19H,1-6,11-14H2,(H,32,33)/t18-,19-/m1/s1. The van der Waals surface area contributed by atoms with Gasteiger partial charge in [0.1, 0.15) is 17.5 Å². The van der Waals surface area contributed by atoms with E-state index in [2.05, 4.69) is 10.3 Å². The van der Waals surface area contributed by atoms with Crippen LogP contribution in [0.3, 0.4) is 0 Å². The van der Waals surface area contributed by atoms with E-state index in [4.69, 9.17) is 4.74 Å². The molecule has 1 aromatic carbocycles. The highest BCUT2D eigenvalue weighted by Gasteiger charge is 2.39. The van der Waals surface area contributed by atoms with Crippen LogP contribution >= 0.6 is 0 Å². The van der Waals surface area contributed by atoms with Gasteiger partial charge < -0.3 is 19.9 Å². The molecule has 2 bridgehead atoms. The average molecular weight is 538 g/mol. The molecule has 6 heterocycles. The van der Waals surface area contributed by atoms with E-state index >= 15 is 4.39 Å². The first kappa shape index (κ1) is 25.3. The highest BCUT2D eigenvalue weighted by molar-refractivity contribution is 6.00. The third kappa shape index (κ3) is 4.91. The van der Waals surface area contributed by atoms with E-state index in [1.54, 1.807) is 6.07 Å².